The molecule has 0 aliphatic carbocycles. The van der Waals surface area contributed by atoms with Gasteiger partial charge in [-0.15, -0.1) is 11.6 Å². The van der Waals surface area contributed by atoms with E-state index in [0.29, 0.717) is 0 Å². The van der Waals surface area contributed by atoms with Crippen LogP contribution in [-0.2, 0) is 22.0 Å². The molecule has 18 heavy (non-hydrogen) atoms. The summed E-state index contributed by atoms with van der Waals surface area (Å²) >= 11 is 5.33. The fourth-order valence-corrected chi connectivity index (χ4v) is 2.61. The van der Waals surface area contributed by atoms with Gasteiger partial charge in [-0.3, -0.25) is 0 Å². The fraction of sp³-hybridized carbons (Fsp3) is 0.400. The smallest absolute Gasteiger partial charge is 0.214 e. The fourth-order valence-electron chi connectivity index (χ4n) is 1.25. The first kappa shape index (κ1) is 15.3. The number of nitrogens with one attached hydrogen (secondary N) is 1. The molecule has 0 unspecified atom stereocenters. The SMILES string of the molecule is O=S(=O)(Cc1ccc(C(F)(F)F)cc1)NCCCl. The van der Waals surface area contributed by atoms with Crippen LogP contribution in [0.25, 0.3) is 0 Å². The Hall–Kier alpha value is -0.790. The second-order valence-electron chi connectivity index (χ2n) is 3.54. The van der Waals surface area contributed by atoms with Gasteiger partial charge in [0, 0.05) is 12.4 Å². The van der Waals surface area contributed by atoms with Gasteiger partial charge < -0.3 is 0 Å². The van der Waals surface area contributed by atoms with Gasteiger partial charge >= 0.3 is 6.18 Å². The minimum atomic E-state index is -4.42. The third-order valence-corrected chi connectivity index (χ3v) is 3.60. The van der Waals surface area contributed by atoms with Crippen LogP contribution in [0.2, 0.25) is 0 Å². The quantitative estimate of drug-likeness (QED) is 0.849. The number of halogens is 4. The molecule has 0 spiro atoms. The summed E-state index contributed by atoms with van der Waals surface area (Å²) in [7, 11) is -3.56. The van der Waals surface area contributed by atoms with Crippen LogP contribution in [0.1, 0.15) is 11.1 Å². The zero-order valence-electron chi connectivity index (χ0n) is 9.17. The van der Waals surface area contributed by atoms with Crippen molar-refractivity contribution in [3.8, 4) is 0 Å². The van der Waals surface area contributed by atoms with E-state index in [-0.39, 0.29) is 23.7 Å². The first-order valence-corrected chi connectivity index (χ1v) is 7.13. The molecule has 0 bridgehead atoms. The lowest BCUT2D eigenvalue weighted by molar-refractivity contribution is -0.137. The van der Waals surface area contributed by atoms with Gasteiger partial charge in [0.2, 0.25) is 10.0 Å². The third kappa shape index (κ3) is 4.83. The number of benzene rings is 1. The molecule has 1 rings (SSSR count). The van der Waals surface area contributed by atoms with Crippen molar-refractivity contribution in [3.63, 3.8) is 0 Å². The molecule has 1 N–H and O–H groups in total. The lowest BCUT2D eigenvalue weighted by atomic mass is 10.1. The van der Waals surface area contributed by atoms with E-state index in [1.807, 2.05) is 0 Å². The Kier molecular flexibility index (Phi) is 5.01. The monoisotopic (exact) mass is 301 g/mol. The highest BCUT2D eigenvalue weighted by atomic mass is 35.5. The molecule has 3 nitrogen and oxygen atoms in total. The van der Waals surface area contributed by atoms with Gasteiger partial charge in [-0.1, -0.05) is 12.1 Å². The molecular formula is C10H11ClF3NO2S. The van der Waals surface area contributed by atoms with Gasteiger partial charge in [0.25, 0.3) is 0 Å². The summed E-state index contributed by atoms with van der Waals surface area (Å²) in [4.78, 5) is 0. The topological polar surface area (TPSA) is 46.2 Å². The standard InChI is InChI=1S/C10H11ClF3NO2S/c11-5-6-15-18(16,17)7-8-1-3-9(4-2-8)10(12,13)14/h1-4,15H,5-7H2. The molecule has 0 aliphatic heterocycles. The van der Waals surface area contributed by atoms with Crippen LogP contribution in [0.15, 0.2) is 24.3 Å². The van der Waals surface area contributed by atoms with Gasteiger partial charge in [0.1, 0.15) is 0 Å². The predicted molar refractivity (Wildman–Crippen MR) is 62.8 cm³/mol. The highest BCUT2D eigenvalue weighted by Gasteiger charge is 2.30. The Morgan fingerprint density at radius 1 is 1.17 bits per heavy atom. The first-order chi connectivity index (χ1) is 8.24. The largest absolute Gasteiger partial charge is 0.416 e. The Labute approximate surface area is 108 Å². The Bertz CT molecular complexity index is 485. The van der Waals surface area contributed by atoms with Crippen LogP contribution >= 0.6 is 11.6 Å². The lowest BCUT2D eigenvalue weighted by Gasteiger charge is -2.08. The van der Waals surface area contributed by atoms with E-state index in [4.69, 9.17) is 11.6 Å². The summed E-state index contributed by atoms with van der Waals surface area (Å²) in [6.07, 6.45) is -4.42. The highest BCUT2D eigenvalue weighted by Crippen LogP contribution is 2.29. The van der Waals surface area contributed by atoms with Crippen molar-refractivity contribution in [2.75, 3.05) is 12.4 Å². The molecular weight excluding hydrogens is 291 g/mol. The molecule has 0 fully saturated rings. The van der Waals surface area contributed by atoms with Gasteiger partial charge in [0.15, 0.2) is 0 Å². The summed E-state index contributed by atoms with van der Waals surface area (Å²) < 4.78 is 62.0. The molecule has 8 heteroatoms. The van der Waals surface area contributed by atoms with Gasteiger partial charge in [-0.05, 0) is 17.7 Å². The summed E-state index contributed by atoms with van der Waals surface area (Å²) in [6, 6.07) is 3.99. The van der Waals surface area contributed by atoms with E-state index in [1.54, 1.807) is 0 Å². The van der Waals surface area contributed by atoms with Crippen LogP contribution in [0.4, 0.5) is 13.2 Å². The van der Waals surface area contributed by atoms with Gasteiger partial charge in [-0.25, -0.2) is 13.1 Å². The maximum atomic E-state index is 12.3. The first-order valence-electron chi connectivity index (χ1n) is 4.94. The van der Waals surface area contributed by atoms with Crippen molar-refractivity contribution in [1.29, 1.82) is 0 Å². The molecule has 0 aliphatic rings. The molecule has 0 amide bonds. The molecule has 0 atom stereocenters. The second-order valence-corrected chi connectivity index (χ2v) is 5.72. The molecule has 102 valence electrons. The summed E-state index contributed by atoms with van der Waals surface area (Å²) in [5.41, 5.74) is -0.526. The molecule has 1 aromatic rings. The number of rotatable bonds is 5. The van der Waals surface area contributed by atoms with Crippen LogP contribution in [0.3, 0.4) is 0 Å². The molecule has 0 heterocycles. The molecule has 0 saturated carbocycles. The Morgan fingerprint density at radius 2 is 1.72 bits per heavy atom. The van der Waals surface area contributed by atoms with Crippen molar-refractivity contribution in [3.05, 3.63) is 35.4 Å². The molecule has 0 aromatic heterocycles. The van der Waals surface area contributed by atoms with Crippen molar-refractivity contribution >= 4 is 21.6 Å². The zero-order chi connectivity index (χ0) is 13.8. The van der Waals surface area contributed by atoms with Crippen LogP contribution in [-0.4, -0.2) is 20.8 Å². The van der Waals surface area contributed by atoms with E-state index >= 15 is 0 Å². The van der Waals surface area contributed by atoms with E-state index in [9.17, 15) is 21.6 Å². The molecule has 0 radical (unpaired) electrons. The average molecular weight is 302 g/mol. The van der Waals surface area contributed by atoms with E-state index in [1.165, 1.54) is 0 Å². The summed E-state index contributed by atoms with van der Waals surface area (Å²) in [5.74, 6) is -0.242. The minimum absolute atomic E-state index is 0.0878. The lowest BCUT2D eigenvalue weighted by Crippen LogP contribution is -2.26. The van der Waals surface area contributed by atoms with Crippen LogP contribution < -0.4 is 4.72 Å². The van der Waals surface area contributed by atoms with Crippen molar-refractivity contribution in [2.45, 2.75) is 11.9 Å². The Morgan fingerprint density at radius 3 is 2.17 bits per heavy atom. The number of hydrogen-bond acceptors (Lipinski definition) is 2. The number of hydrogen-bond donors (Lipinski definition) is 1. The second kappa shape index (κ2) is 5.90. The van der Waals surface area contributed by atoms with Crippen molar-refractivity contribution in [1.82, 2.24) is 4.72 Å². The summed E-state index contributed by atoms with van der Waals surface area (Å²) in [5, 5.41) is 0. The summed E-state index contributed by atoms with van der Waals surface area (Å²) in [6.45, 7) is 0.0878. The number of sulfonamides is 1. The molecule has 1 aromatic carbocycles. The molecule has 0 saturated heterocycles. The predicted octanol–water partition coefficient (Wildman–Crippen LogP) is 2.36. The van der Waals surface area contributed by atoms with E-state index in [2.05, 4.69) is 4.72 Å². The Balaban J connectivity index is 2.75. The maximum absolute atomic E-state index is 12.3. The van der Waals surface area contributed by atoms with E-state index < -0.39 is 21.8 Å². The van der Waals surface area contributed by atoms with Gasteiger partial charge in [-0.2, -0.15) is 13.2 Å². The zero-order valence-corrected chi connectivity index (χ0v) is 10.7. The highest BCUT2D eigenvalue weighted by molar-refractivity contribution is 7.88. The normalized spacial score (nSPS) is 12.7. The van der Waals surface area contributed by atoms with Crippen LogP contribution in [0, 0.1) is 0 Å². The van der Waals surface area contributed by atoms with Crippen molar-refractivity contribution < 1.29 is 21.6 Å². The van der Waals surface area contributed by atoms with Crippen LogP contribution in [0.5, 0.6) is 0 Å². The third-order valence-electron chi connectivity index (χ3n) is 2.05. The minimum Gasteiger partial charge on any atom is -0.214 e. The van der Waals surface area contributed by atoms with Gasteiger partial charge in [0.05, 0.1) is 11.3 Å². The maximum Gasteiger partial charge on any atom is 0.416 e. The number of alkyl halides is 4. The average Bonchev–Trinajstić information content (AvgIpc) is 2.25. The van der Waals surface area contributed by atoms with E-state index in [0.717, 1.165) is 24.3 Å². The van der Waals surface area contributed by atoms with Crippen molar-refractivity contribution in [2.24, 2.45) is 0 Å².